The molecule has 5 heteroatoms. The van der Waals surface area contributed by atoms with Crippen LogP contribution < -0.4 is 0 Å². The minimum atomic E-state index is -0.861. The SMILES string of the molecule is C=C[C@@H]1OC(C)(C)O[C@@H]1[C@H](OCOC)[C@@H](O)C(=C)C. The Morgan fingerprint density at radius 3 is 2.58 bits per heavy atom. The van der Waals surface area contributed by atoms with Crippen molar-refractivity contribution in [3.8, 4) is 0 Å². The predicted octanol–water partition coefficient (Wildman–Crippen LogP) is 1.62. The van der Waals surface area contributed by atoms with E-state index in [1.807, 2.05) is 13.8 Å². The van der Waals surface area contributed by atoms with Crippen molar-refractivity contribution in [3.63, 3.8) is 0 Å². The van der Waals surface area contributed by atoms with Gasteiger partial charge in [-0.05, 0) is 26.3 Å². The van der Waals surface area contributed by atoms with Crippen molar-refractivity contribution in [1.82, 2.24) is 0 Å². The van der Waals surface area contributed by atoms with Crippen LogP contribution in [0.15, 0.2) is 24.8 Å². The van der Waals surface area contributed by atoms with Crippen molar-refractivity contribution < 1.29 is 24.1 Å². The molecule has 0 aliphatic carbocycles. The maximum absolute atomic E-state index is 10.2. The van der Waals surface area contributed by atoms with Crippen molar-refractivity contribution in [1.29, 1.82) is 0 Å². The van der Waals surface area contributed by atoms with E-state index in [0.29, 0.717) is 5.57 Å². The standard InChI is InChI=1S/C14H24O5/c1-7-10-12(19-14(4,5)18-10)13(17-8-16-6)11(15)9(2)3/h7,10-13,15H,1-2,8H2,3-6H3/t10-,11-,12-,13+/m0/s1. The fraction of sp³-hybridized carbons (Fsp3) is 0.714. The maximum Gasteiger partial charge on any atom is 0.164 e. The number of ether oxygens (including phenoxy) is 4. The Balaban J connectivity index is 2.89. The molecule has 1 N–H and O–H groups in total. The third-order valence-corrected chi connectivity index (χ3v) is 2.91. The minimum Gasteiger partial charge on any atom is -0.386 e. The van der Waals surface area contributed by atoms with Gasteiger partial charge in [0.2, 0.25) is 0 Å². The Labute approximate surface area is 114 Å². The summed E-state index contributed by atoms with van der Waals surface area (Å²) in [6.45, 7) is 12.9. The smallest absolute Gasteiger partial charge is 0.164 e. The van der Waals surface area contributed by atoms with Crippen molar-refractivity contribution in [2.24, 2.45) is 0 Å². The van der Waals surface area contributed by atoms with Crippen LogP contribution in [0.3, 0.4) is 0 Å². The lowest BCUT2D eigenvalue weighted by Gasteiger charge is -2.29. The average Bonchev–Trinajstić information content (AvgIpc) is 2.64. The molecule has 0 unspecified atom stereocenters. The zero-order valence-electron chi connectivity index (χ0n) is 12.1. The molecule has 1 aliphatic rings. The van der Waals surface area contributed by atoms with Crippen LogP contribution in [0.5, 0.6) is 0 Å². The highest BCUT2D eigenvalue weighted by Crippen LogP contribution is 2.33. The molecule has 0 saturated carbocycles. The van der Waals surface area contributed by atoms with Gasteiger partial charge in [0.15, 0.2) is 5.79 Å². The molecule has 4 atom stereocenters. The summed E-state index contributed by atoms with van der Waals surface area (Å²) in [6.07, 6.45) is -0.657. The molecule has 19 heavy (non-hydrogen) atoms. The molecule has 5 nitrogen and oxygen atoms in total. The molecule has 0 amide bonds. The van der Waals surface area contributed by atoms with Crippen LogP contribution >= 0.6 is 0 Å². The summed E-state index contributed by atoms with van der Waals surface area (Å²) < 4.78 is 21.9. The van der Waals surface area contributed by atoms with E-state index in [1.165, 1.54) is 7.11 Å². The lowest BCUT2D eigenvalue weighted by atomic mass is 9.99. The second-order valence-electron chi connectivity index (χ2n) is 5.13. The molecule has 0 aromatic heterocycles. The van der Waals surface area contributed by atoms with Gasteiger partial charge in [-0.1, -0.05) is 12.7 Å². The first kappa shape index (κ1) is 16.3. The highest BCUT2D eigenvalue weighted by Gasteiger charge is 2.46. The van der Waals surface area contributed by atoms with E-state index in [2.05, 4.69) is 13.2 Å². The van der Waals surface area contributed by atoms with Gasteiger partial charge in [-0.2, -0.15) is 0 Å². The molecular weight excluding hydrogens is 248 g/mol. The monoisotopic (exact) mass is 272 g/mol. The molecule has 0 aromatic rings. The van der Waals surface area contributed by atoms with E-state index in [0.717, 1.165) is 0 Å². The number of hydrogen-bond donors (Lipinski definition) is 1. The van der Waals surface area contributed by atoms with Gasteiger partial charge in [0, 0.05) is 7.11 Å². The van der Waals surface area contributed by atoms with Crippen LogP contribution in [0.4, 0.5) is 0 Å². The van der Waals surface area contributed by atoms with Gasteiger partial charge in [0.25, 0.3) is 0 Å². The van der Waals surface area contributed by atoms with Crippen molar-refractivity contribution >= 4 is 0 Å². The first-order chi connectivity index (χ1) is 8.82. The fourth-order valence-electron chi connectivity index (χ4n) is 2.05. The number of rotatable bonds is 7. The van der Waals surface area contributed by atoms with Gasteiger partial charge in [-0.25, -0.2) is 0 Å². The third kappa shape index (κ3) is 4.12. The van der Waals surface area contributed by atoms with Crippen molar-refractivity contribution in [2.45, 2.75) is 51.0 Å². The van der Waals surface area contributed by atoms with Crippen LogP contribution in [0.1, 0.15) is 20.8 Å². The summed E-state index contributed by atoms with van der Waals surface area (Å²) >= 11 is 0. The molecule has 110 valence electrons. The van der Waals surface area contributed by atoms with Crippen LogP contribution in [-0.2, 0) is 18.9 Å². The van der Waals surface area contributed by atoms with Gasteiger partial charge < -0.3 is 24.1 Å². The lowest BCUT2D eigenvalue weighted by molar-refractivity contribution is -0.183. The summed E-state index contributed by atoms with van der Waals surface area (Å²) in [5.41, 5.74) is 0.595. The molecule has 1 rings (SSSR count). The molecule has 1 heterocycles. The molecule has 1 saturated heterocycles. The number of methoxy groups -OCH3 is 1. The van der Waals surface area contributed by atoms with E-state index in [4.69, 9.17) is 18.9 Å². The Morgan fingerprint density at radius 1 is 1.47 bits per heavy atom. The van der Waals surface area contributed by atoms with Gasteiger partial charge >= 0.3 is 0 Å². The first-order valence-electron chi connectivity index (χ1n) is 6.24. The van der Waals surface area contributed by atoms with Crippen LogP contribution in [0.2, 0.25) is 0 Å². The summed E-state index contributed by atoms with van der Waals surface area (Å²) in [4.78, 5) is 0. The molecular formula is C14H24O5. The second-order valence-corrected chi connectivity index (χ2v) is 5.13. The third-order valence-electron chi connectivity index (χ3n) is 2.91. The molecule has 1 aliphatic heterocycles. The lowest BCUT2D eigenvalue weighted by Crippen LogP contribution is -2.45. The molecule has 0 spiro atoms. The van der Waals surface area contributed by atoms with E-state index in [1.54, 1.807) is 13.0 Å². The number of aliphatic hydroxyl groups is 1. The summed E-state index contributed by atoms with van der Waals surface area (Å²) in [6, 6.07) is 0. The van der Waals surface area contributed by atoms with Crippen LogP contribution in [0.25, 0.3) is 0 Å². The number of hydrogen-bond acceptors (Lipinski definition) is 5. The summed E-state index contributed by atoms with van der Waals surface area (Å²) in [5, 5.41) is 10.2. The molecule has 0 bridgehead atoms. The largest absolute Gasteiger partial charge is 0.386 e. The molecule has 0 radical (unpaired) electrons. The zero-order valence-corrected chi connectivity index (χ0v) is 12.1. The van der Waals surface area contributed by atoms with Crippen LogP contribution in [-0.4, -0.2) is 49.2 Å². The topological polar surface area (TPSA) is 57.2 Å². The molecule has 1 fully saturated rings. The average molecular weight is 272 g/mol. The first-order valence-corrected chi connectivity index (χ1v) is 6.24. The fourth-order valence-corrected chi connectivity index (χ4v) is 2.05. The van der Waals surface area contributed by atoms with E-state index in [9.17, 15) is 5.11 Å². The minimum absolute atomic E-state index is 0.0547. The molecule has 0 aromatic carbocycles. The summed E-state index contributed by atoms with van der Waals surface area (Å²) in [5.74, 6) is -0.743. The Morgan fingerprint density at radius 2 is 2.11 bits per heavy atom. The Hall–Kier alpha value is -0.720. The van der Waals surface area contributed by atoms with E-state index < -0.39 is 24.1 Å². The highest BCUT2D eigenvalue weighted by molar-refractivity contribution is 5.07. The van der Waals surface area contributed by atoms with Gasteiger partial charge in [-0.3, -0.25) is 0 Å². The maximum atomic E-state index is 10.2. The summed E-state index contributed by atoms with van der Waals surface area (Å²) in [7, 11) is 1.52. The Bertz CT molecular complexity index is 326. The van der Waals surface area contributed by atoms with E-state index in [-0.39, 0.29) is 12.9 Å². The van der Waals surface area contributed by atoms with Gasteiger partial charge in [0.05, 0.1) is 0 Å². The van der Waals surface area contributed by atoms with Gasteiger partial charge in [0.1, 0.15) is 31.2 Å². The Kier molecular flexibility index (Phi) is 5.70. The quantitative estimate of drug-likeness (QED) is 0.564. The van der Waals surface area contributed by atoms with Gasteiger partial charge in [-0.15, -0.1) is 6.58 Å². The van der Waals surface area contributed by atoms with Crippen LogP contribution in [0, 0.1) is 0 Å². The number of aliphatic hydroxyl groups excluding tert-OH is 1. The second kappa shape index (κ2) is 6.63. The predicted molar refractivity (Wildman–Crippen MR) is 71.6 cm³/mol. The van der Waals surface area contributed by atoms with E-state index >= 15 is 0 Å². The zero-order chi connectivity index (χ0) is 14.6. The highest BCUT2D eigenvalue weighted by atomic mass is 16.8. The van der Waals surface area contributed by atoms with Crippen molar-refractivity contribution in [3.05, 3.63) is 24.8 Å². The normalized spacial score (nSPS) is 28.9. The van der Waals surface area contributed by atoms with Crippen molar-refractivity contribution in [2.75, 3.05) is 13.9 Å².